The zero-order valence-corrected chi connectivity index (χ0v) is 11.5. The lowest BCUT2D eigenvalue weighted by Crippen LogP contribution is -2.57. The van der Waals surface area contributed by atoms with E-state index in [-0.39, 0.29) is 5.41 Å². The van der Waals surface area contributed by atoms with Crippen LogP contribution in [0.5, 0.6) is 0 Å². The molecule has 0 aromatic carbocycles. The van der Waals surface area contributed by atoms with Gasteiger partial charge in [0.1, 0.15) is 0 Å². The third-order valence-electron chi connectivity index (χ3n) is 4.95. The van der Waals surface area contributed by atoms with E-state index in [9.17, 15) is 4.79 Å². The summed E-state index contributed by atoms with van der Waals surface area (Å²) in [7, 11) is 1.95. The molecule has 4 heteroatoms. The lowest BCUT2D eigenvalue weighted by atomic mass is 9.97. The van der Waals surface area contributed by atoms with E-state index in [0.717, 1.165) is 39.0 Å². The molecule has 0 bridgehead atoms. The van der Waals surface area contributed by atoms with Crippen molar-refractivity contribution in [3.05, 3.63) is 0 Å². The van der Waals surface area contributed by atoms with Crippen molar-refractivity contribution in [1.29, 1.82) is 0 Å². The fraction of sp³-hybridized carbons (Fsp3) is 0.929. The summed E-state index contributed by atoms with van der Waals surface area (Å²) in [6, 6.07) is 0.641. The number of amides is 1. The first-order valence-electron chi connectivity index (χ1n) is 7.43. The molecule has 0 aromatic rings. The number of carbonyl (C=O) groups is 1. The van der Waals surface area contributed by atoms with Gasteiger partial charge in [-0.25, -0.2) is 0 Å². The second kappa shape index (κ2) is 4.82. The summed E-state index contributed by atoms with van der Waals surface area (Å²) in [5.74, 6) is 0.419. The topological polar surface area (TPSA) is 35.6 Å². The number of hydrogen-bond donors (Lipinski definition) is 1. The standard InChI is InChI=1S/C14H25N3O/c1-15-11-14(5-6-14)13(18)17-9-8-16-7-3-2-4-12(16)10-17/h12,15H,2-11H2,1H3. The molecule has 1 amide bonds. The van der Waals surface area contributed by atoms with Crippen molar-refractivity contribution < 1.29 is 4.79 Å². The Morgan fingerprint density at radius 2 is 2.11 bits per heavy atom. The molecule has 1 aliphatic carbocycles. The first-order chi connectivity index (χ1) is 8.75. The normalized spacial score (nSPS) is 30.9. The molecule has 0 spiro atoms. The average molecular weight is 251 g/mol. The monoisotopic (exact) mass is 251 g/mol. The summed E-state index contributed by atoms with van der Waals surface area (Å²) in [5, 5.41) is 3.19. The lowest BCUT2D eigenvalue weighted by molar-refractivity contribution is -0.140. The molecule has 3 fully saturated rings. The highest BCUT2D eigenvalue weighted by Gasteiger charge is 2.51. The van der Waals surface area contributed by atoms with Gasteiger partial charge in [-0.15, -0.1) is 0 Å². The van der Waals surface area contributed by atoms with Crippen molar-refractivity contribution in [3.8, 4) is 0 Å². The van der Waals surface area contributed by atoms with Crippen LogP contribution in [0.3, 0.4) is 0 Å². The van der Waals surface area contributed by atoms with Crippen LogP contribution in [0, 0.1) is 5.41 Å². The predicted molar refractivity (Wildman–Crippen MR) is 71.4 cm³/mol. The molecule has 2 saturated heterocycles. The molecular weight excluding hydrogens is 226 g/mol. The van der Waals surface area contributed by atoms with Crippen LogP contribution in [0.15, 0.2) is 0 Å². The molecule has 3 aliphatic rings. The number of carbonyl (C=O) groups excluding carboxylic acids is 1. The number of fused-ring (bicyclic) bond motifs is 1. The Bertz CT molecular complexity index is 327. The number of nitrogens with one attached hydrogen (secondary N) is 1. The molecule has 2 aliphatic heterocycles. The van der Waals surface area contributed by atoms with Gasteiger partial charge in [0, 0.05) is 32.2 Å². The third kappa shape index (κ3) is 2.16. The van der Waals surface area contributed by atoms with Crippen LogP contribution >= 0.6 is 0 Å². The molecule has 4 nitrogen and oxygen atoms in total. The molecule has 0 radical (unpaired) electrons. The van der Waals surface area contributed by atoms with Crippen LogP contribution in [0.4, 0.5) is 0 Å². The van der Waals surface area contributed by atoms with Gasteiger partial charge in [-0.05, 0) is 39.3 Å². The minimum Gasteiger partial charge on any atom is -0.339 e. The maximum atomic E-state index is 12.6. The van der Waals surface area contributed by atoms with Crippen LogP contribution < -0.4 is 5.32 Å². The molecule has 0 aromatic heterocycles. The Kier molecular flexibility index (Phi) is 3.32. The highest BCUT2D eigenvalue weighted by molar-refractivity contribution is 5.85. The zero-order valence-electron chi connectivity index (χ0n) is 11.5. The first kappa shape index (κ1) is 12.4. The minimum atomic E-state index is -0.0361. The maximum Gasteiger partial charge on any atom is 0.230 e. The summed E-state index contributed by atoms with van der Waals surface area (Å²) < 4.78 is 0. The highest BCUT2D eigenvalue weighted by Crippen LogP contribution is 2.47. The highest BCUT2D eigenvalue weighted by atomic mass is 16.2. The number of piperidine rings is 1. The smallest absolute Gasteiger partial charge is 0.230 e. The Morgan fingerprint density at radius 3 is 2.83 bits per heavy atom. The number of hydrogen-bond acceptors (Lipinski definition) is 3. The van der Waals surface area contributed by atoms with Gasteiger partial charge in [-0.3, -0.25) is 9.69 Å². The fourth-order valence-corrected chi connectivity index (χ4v) is 3.63. The molecule has 1 unspecified atom stereocenters. The van der Waals surface area contributed by atoms with Crippen LogP contribution in [-0.2, 0) is 4.79 Å². The van der Waals surface area contributed by atoms with Crippen molar-refractivity contribution in [1.82, 2.24) is 15.1 Å². The summed E-state index contributed by atoms with van der Waals surface area (Å²) >= 11 is 0. The van der Waals surface area contributed by atoms with Crippen LogP contribution in [0.25, 0.3) is 0 Å². The molecule has 1 saturated carbocycles. The van der Waals surface area contributed by atoms with E-state index in [4.69, 9.17) is 0 Å². The molecule has 1 atom stereocenters. The van der Waals surface area contributed by atoms with Crippen molar-refractivity contribution in [2.75, 3.05) is 39.8 Å². The van der Waals surface area contributed by atoms with E-state index in [0.29, 0.717) is 11.9 Å². The van der Waals surface area contributed by atoms with Gasteiger partial charge in [-0.1, -0.05) is 6.42 Å². The predicted octanol–water partition coefficient (Wildman–Crippen LogP) is 0.683. The van der Waals surface area contributed by atoms with E-state index in [1.807, 2.05) is 7.05 Å². The number of piperazine rings is 1. The molecule has 102 valence electrons. The van der Waals surface area contributed by atoms with Crippen LogP contribution in [-0.4, -0.2) is 61.5 Å². The van der Waals surface area contributed by atoms with E-state index >= 15 is 0 Å². The van der Waals surface area contributed by atoms with E-state index in [1.54, 1.807) is 0 Å². The molecule has 1 N–H and O–H groups in total. The van der Waals surface area contributed by atoms with E-state index < -0.39 is 0 Å². The van der Waals surface area contributed by atoms with E-state index in [1.165, 1.54) is 25.8 Å². The lowest BCUT2D eigenvalue weighted by Gasteiger charge is -2.44. The van der Waals surface area contributed by atoms with Crippen molar-refractivity contribution in [2.45, 2.75) is 38.1 Å². The average Bonchev–Trinajstić information content (AvgIpc) is 3.19. The van der Waals surface area contributed by atoms with Gasteiger partial charge in [0.05, 0.1) is 5.41 Å². The van der Waals surface area contributed by atoms with E-state index in [2.05, 4.69) is 15.1 Å². The van der Waals surface area contributed by atoms with Gasteiger partial charge in [0.25, 0.3) is 0 Å². The van der Waals surface area contributed by atoms with Crippen molar-refractivity contribution in [3.63, 3.8) is 0 Å². The molecule has 3 rings (SSSR count). The Hall–Kier alpha value is -0.610. The maximum absolute atomic E-state index is 12.6. The Morgan fingerprint density at radius 1 is 1.28 bits per heavy atom. The van der Waals surface area contributed by atoms with Crippen molar-refractivity contribution in [2.24, 2.45) is 5.41 Å². The molecule has 2 heterocycles. The SMILES string of the molecule is CNCC1(C(=O)N2CCN3CCCCC3C2)CC1. The quantitative estimate of drug-likeness (QED) is 0.801. The zero-order chi connectivity index (χ0) is 12.6. The van der Waals surface area contributed by atoms with Crippen LogP contribution in [0.2, 0.25) is 0 Å². The van der Waals surface area contributed by atoms with Crippen LogP contribution in [0.1, 0.15) is 32.1 Å². The number of rotatable bonds is 3. The minimum absolute atomic E-state index is 0.0361. The second-order valence-electron chi connectivity index (χ2n) is 6.25. The summed E-state index contributed by atoms with van der Waals surface area (Å²) in [6.07, 6.45) is 6.12. The van der Waals surface area contributed by atoms with Gasteiger partial charge < -0.3 is 10.2 Å². The third-order valence-corrected chi connectivity index (χ3v) is 4.95. The summed E-state index contributed by atoms with van der Waals surface area (Å²) in [6.45, 7) is 5.11. The fourth-order valence-electron chi connectivity index (χ4n) is 3.63. The molecule has 18 heavy (non-hydrogen) atoms. The molecular formula is C14H25N3O. The van der Waals surface area contributed by atoms with Gasteiger partial charge in [-0.2, -0.15) is 0 Å². The van der Waals surface area contributed by atoms with Gasteiger partial charge in [0.15, 0.2) is 0 Å². The Balaban J connectivity index is 1.62. The van der Waals surface area contributed by atoms with Crippen molar-refractivity contribution >= 4 is 5.91 Å². The number of nitrogens with zero attached hydrogens (tertiary/aromatic N) is 2. The van der Waals surface area contributed by atoms with Gasteiger partial charge >= 0.3 is 0 Å². The van der Waals surface area contributed by atoms with Gasteiger partial charge in [0.2, 0.25) is 5.91 Å². The first-order valence-corrected chi connectivity index (χ1v) is 7.43. The Labute approximate surface area is 110 Å². The summed E-state index contributed by atoms with van der Waals surface area (Å²) in [4.78, 5) is 17.4. The summed E-state index contributed by atoms with van der Waals surface area (Å²) in [5.41, 5.74) is -0.0361. The largest absolute Gasteiger partial charge is 0.339 e. The second-order valence-corrected chi connectivity index (χ2v) is 6.25.